The van der Waals surface area contributed by atoms with Gasteiger partial charge in [-0.05, 0) is 49.1 Å². The Morgan fingerprint density at radius 3 is 2.35 bits per heavy atom. The van der Waals surface area contributed by atoms with Crippen LogP contribution in [0.1, 0.15) is 42.4 Å². The maximum absolute atomic E-state index is 13.7. The number of carbonyl (C=O) groups is 2. The van der Waals surface area contributed by atoms with E-state index >= 15 is 0 Å². The van der Waals surface area contributed by atoms with Crippen molar-refractivity contribution in [3.63, 3.8) is 0 Å². The van der Waals surface area contributed by atoms with Crippen LogP contribution in [-0.2, 0) is 22.6 Å². The molecule has 3 aromatic rings. The van der Waals surface area contributed by atoms with E-state index in [1.54, 1.807) is 23.1 Å². The molecule has 2 amide bonds. The van der Waals surface area contributed by atoms with Gasteiger partial charge in [0.15, 0.2) is 6.61 Å². The number of hydrogen-bond donors (Lipinski definition) is 1. The van der Waals surface area contributed by atoms with Crippen LogP contribution in [-0.4, -0.2) is 35.4 Å². The summed E-state index contributed by atoms with van der Waals surface area (Å²) in [5, 5.41) is 4.02. The van der Waals surface area contributed by atoms with E-state index < -0.39 is 6.04 Å². The molecule has 0 unspecified atom stereocenters. The van der Waals surface area contributed by atoms with Crippen LogP contribution in [0, 0.1) is 6.92 Å². The van der Waals surface area contributed by atoms with E-state index in [0.717, 1.165) is 42.4 Å². The van der Waals surface area contributed by atoms with Gasteiger partial charge in [-0.2, -0.15) is 0 Å². The van der Waals surface area contributed by atoms with E-state index in [0.29, 0.717) is 22.2 Å². The van der Waals surface area contributed by atoms with E-state index in [1.807, 2.05) is 61.5 Å². The summed E-state index contributed by atoms with van der Waals surface area (Å²) in [6.07, 6.45) is 4.55. The Morgan fingerprint density at radius 1 is 0.973 bits per heavy atom. The average Bonchev–Trinajstić information content (AvgIpc) is 3.40. The Kier molecular flexibility index (Phi) is 9.48. The lowest BCUT2D eigenvalue weighted by Gasteiger charge is -2.32. The van der Waals surface area contributed by atoms with Crippen molar-refractivity contribution < 1.29 is 14.3 Å². The van der Waals surface area contributed by atoms with E-state index in [9.17, 15) is 9.59 Å². The third-order valence-corrected chi connectivity index (χ3v) is 7.22. The number of carbonyl (C=O) groups excluding carboxylic acids is 2. The quantitative estimate of drug-likeness (QED) is 0.325. The first-order chi connectivity index (χ1) is 17.9. The second-order valence-corrected chi connectivity index (χ2v) is 10.4. The number of aryl methyl sites for hydroxylation is 1. The number of benzene rings is 3. The molecule has 1 fully saturated rings. The molecule has 0 bridgehead atoms. The molecular weight excluding hydrogens is 507 g/mol. The van der Waals surface area contributed by atoms with Gasteiger partial charge < -0.3 is 15.0 Å². The standard InChI is InChI=1S/C30H32Cl2N2O3/c1-21-11-13-23(14-12-21)19-34(29(35)20-37-28-16-15-24(31)18-26(28)32)27(17-22-7-3-2-4-8-22)30(36)33-25-9-5-6-10-25/h2-4,7-8,11-16,18,25,27H,5-6,9-10,17,19-20H2,1H3,(H,33,36)/t27-/m0/s1. The predicted molar refractivity (Wildman–Crippen MR) is 148 cm³/mol. The summed E-state index contributed by atoms with van der Waals surface area (Å²) in [7, 11) is 0. The zero-order valence-corrected chi connectivity index (χ0v) is 22.5. The number of amides is 2. The van der Waals surface area contributed by atoms with Crippen molar-refractivity contribution >= 4 is 35.0 Å². The van der Waals surface area contributed by atoms with Gasteiger partial charge in [0.2, 0.25) is 5.91 Å². The van der Waals surface area contributed by atoms with Crippen LogP contribution < -0.4 is 10.1 Å². The number of nitrogens with one attached hydrogen (secondary N) is 1. The first-order valence-electron chi connectivity index (χ1n) is 12.7. The van der Waals surface area contributed by atoms with Crippen molar-refractivity contribution in [2.24, 2.45) is 0 Å². The van der Waals surface area contributed by atoms with E-state index in [2.05, 4.69) is 5.32 Å². The molecule has 4 rings (SSSR count). The lowest BCUT2D eigenvalue weighted by atomic mass is 10.0. The van der Waals surface area contributed by atoms with Crippen LogP contribution in [0.15, 0.2) is 72.8 Å². The lowest BCUT2D eigenvalue weighted by Crippen LogP contribution is -2.53. The summed E-state index contributed by atoms with van der Waals surface area (Å²) in [6, 6.07) is 22.1. The zero-order chi connectivity index (χ0) is 26.2. The Hall–Kier alpha value is -3.02. The smallest absolute Gasteiger partial charge is 0.261 e. The summed E-state index contributed by atoms with van der Waals surface area (Å²) in [6.45, 7) is 2.05. The molecule has 0 aromatic heterocycles. The van der Waals surface area contributed by atoms with Gasteiger partial charge in [-0.15, -0.1) is 0 Å². The molecule has 194 valence electrons. The maximum Gasteiger partial charge on any atom is 0.261 e. The molecule has 5 nitrogen and oxygen atoms in total. The summed E-state index contributed by atoms with van der Waals surface area (Å²) in [5.74, 6) is -0.0699. The van der Waals surface area contributed by atoms with Gasteiger partial charge in [-0.1, -0.05) is 96.2 Å². The van der Waals surface area contributed by atoms with Gasteiger partial charge in [0.1, 0.15) is 11.8 Å². The van der Waals surface area contributed by atoms with Crippen LogP contribution in [0.25, 0.3) is 0 Å². The second kappa shape index (κ2) is 13.0. The van der Waals surface area contributed by atoms with Gasteiger partial charge in [-0.25, -0.2) is 0 Å². The van der Waals surface area contributed by atoms with E-state index in [-0.39, 0.29) is 31.0 Å². The average molecular weight is 540 g/mol. The Balaban J connectivity index is 1.61. The first kappa shape index (κ1) is 27.0. The number of rotatable bonds is 10. The second-order valence-electron chi connectivity index (χ2n) is 9.57. The van der Waals surface area contributed by atoms with Crippen molar-refractivity contribution in [3.8, 4) is 5.75 Å². The highest BCUT2D eigenvalue weighted by molar-refractivity contribution is 6.35. The molecule has 7 heteroatoms. The SMILES string of the molecule is Cc1ccc(CN(C(=O)COc2ccc(Cl)cc2Cl)[C@@H](Cc2ccccc2)C(=O)NC2CCCC2)cc1. The fourth-order valence-corrected chi connectivity index (χ4v) is 5.09. The molecule has 0 heterocycles. The summed E-state index contributed by atoms with van der Waals surface area (Å²) >= 11 is 12.2. The minimum atomic E-state index is -0.693. The fourth-order valence-electron chi connectivity index (χ4n) is 4.63. The van der Waals surface area contributed by atoms with Crippen LogP contribution in [0.5, 0.6) is 5.75 Å². The molecule has 37 heavy (non-hydrogen) atoms. The molecule has 0 aliphatic heterocycles. The minimum Gasteiger partial charge on any atom is -0.482 e. The first-order valence-corrected chi connectivity index (χ1v) is 13.4. The molecule has 0 radical (unpaired) electrons. The number of hydrogen-bond acceptors (Lipinski definition) is 3. The molecule has 0 saturated heterocycles. The Labute approximate surface area is 228 Å². The third kappa shape index (κ3) is 7.73. The van der Waals surface area contributed by atoms with Gasteiger partial charge in [0.25, 0.3) is 5.91 Å². The third-order valence-electron chi connectivity index (χ3n) is 6.69. The van der Waals surface area contributed by atoms with Crippen molar-refractivity contribution in [1.82, 2.24) is 10.2 Å². The van der Waals surface area contributed by atoms with Crippen molar-refractivity contribution in [2.75, 3.05) is 6.61 Å². The summed E-state index contributed by atoms with van der Waals surface area (Å²) in [5.41, 5.74) is 3.05. The molecule has 1 saturated carbocycles. The Morgan fingerprint density at radius 2 is 1.68 bits per heavy atom. The lowest BCUT2D eigenvalue weighted by molar-refractivity contribution is -0.143. The molecule has 1 aliphatic carbocycles. The molecule has 1 N–H and O–H groups in total. The number of ether oxygens (including phenoxy) is 1. The molecular formula is C30H32Cl2N2O3. The van der Waals surface area contributed by atoms with E-state index in [4.69, 9.17) is 27.9 Å². The van der Waals surface area contributed by atoms with Gasteiger partial charge in [0.05, 0.1) is 5.02 Å². The van der Waals surface area contributed by atoms with Crippen LogP contribution in [0.3, 0.4) is 0 Å². The van der Waals surface area contributed by atoms with Crippen LogP contribution in [0.4, 0.5) is 0 Å². The topological polar surface area (TPSA) is 58.6 Å². The van der Waals surface area contributed by atoms with Crippen molar-refractivity contribution in [1.29, 1.82) is 0 Å². The van der Waals surface area contributed by atoms with Crippen molar-refractivity contribution in [3.05, 3.63) is 99.5 Å². The zero-order valence-electron chi connectivity index (χ0n) is 21.0. The van der Waals surface area contributed by atoms with Crippen molar-refractivity contribution in [2.45, 2.75) is 57.7 Å². The highest BCUT2D eigenvalue weighted by Gasteiger charge is 2.32. The largest absolute Gasteiger partial charge is 0.482 e. The highest BCUT2D eigenvalue weighted by Crippen LogP contribution is 2.28. The molecule has 3 aromatic carbocycles. The predicted octanol–water partition coefficient (Wildman–Crippen LogP) is 6.38. The van der Waals surface area contributed by atoms with E-state index in [1.165, 1.54) is 0 Å². The number of halogens is 2. The Bertz CT molecular complexity index is 1200. The van der Waals surface area contributed by atoms with Gasteiger partial charge in [-0.3, -0.25) is 9.59 Å². The van der Waals surface area contributed by atoms with Crippen LogP contribution >= 0.6 is 23.2 Å². The summed E-state index contributed by atoms with van der Waals surface area (Å²) < 4.78 is 5.79. The molecule has 1 aliphatic rings. The normalized spacial score (nSPS) is 14.2. The maximum atomic E-state index is 13.7. The van der Waals surface area contributed by atoms with Crippen LogP contribution in [0.2, 0.25) is 10.0 Å². The minimum absolute atomic E-state index is 0.138. The summed E-state index contributed by atoms with van der Waals surface area (Å²) in [4.78, 5) is 29.0. The molecule has 1 atom stereocenters. The number of nitrogens with zero attached hydrogens (tertiary/aromatic N) is 1. The van der Waals surface area contributed by atoms with Gasteiger partial charge >= 0.3 is 0 Å². The molecule has 0 spiro atoms. The highest BCUT2D eigenvalue weighted by atomic mass is 35.5. The monoisotopic (exact) mass is 538 g/mol. The van der Waals surface area contributed by atoms with Gasteiger partial charge in [0, 0.05) is 24.0 Å². The fraction of sp³-hybridized carbons (Fsp3) is 0.333.